The molecule has 0 saturated heterocycles. The topological polar surface area (TPSA) is 44.1 Å². The molecule has 1 aromatic heterocycles. The molecular weight excluding hydrogens is 338 g/mol. The number of esters is 1. The molecule has 4 nitrogen and oxygen atoms in total. The molecule has 3 rings (SSSR count). The van der Waals surface area contributed by atoms with Crippen molar-refractivity contribution in [3.05, 3.63) is 89.5 Å². The molecule has 26 heavy (non-hydrogen) atoms. The van der Waals surface area contributed by atoms with Crippen molar-refractivity contribution in [2.75, 3.05) is 0 Å². The number of imidazole rings is 1. The lowest BCUT2D eigenvalue weighted by Gasteiger charge is -2.18. The van der Waals surface area contributed by atoms with Crippen LogP contribution in [-0.2, 0) is 18.2 Å². The van der Waals surface area contributed by atoms with Crippen LogP contribution in [0.5, 0.6) is 0 Å². The standard InChI is InChI=1S/C20H18F2N2O2/c1-24-12-11-23-19(24)18(10-7-14-5-3-2-4-6-14)26-20(25)16-9-8-15(21)13-17(16)22/h2-6,8-9,11-13,18H,7,10H2,1H3/t18-/m1/s1. The molecule has 0 fully saturated rings. The third-order valence-corrected chi connectivity index (χ3v) is 4.08. The van der Waals surface area contributed by atoms with E-state index in [0.29, 0.717) is 24.7 Å². The normalized spacial score (nSPS) is 12.0. The molecule has 0 aliphatic heterocycles. The van der Waals surface area contributed by atoms with Gasteiger partial charge in [0.15, 0.2) is 6.10 Å². The van der Waals surface area contributed by atoms with Crippen LogP contribution in [0.1, 0.15) is 34.3 Å². The second-order valence-corrected chi connectivity index (χ2v) is 5.94. The van der Waals surface area contributed by atoms with E-state index in [4.69, 9.17) is 4.74 Å². The molecule has 0 amide bonds. The molecule has 0 aliphatic rings. The summed E-state index contributed by atoms with van der Waals surface area (Å²) in [6.07, 6.45) is 3.86. The van der Waals surface area contributed by atoms with Crippen molar-refractivity contribution in [3.63, 3.8) is 0 Å². The van der Waals surface area contributed by atoms with Crippen molar-refractivity contribution in [2.24, 2.45) is 7.05 Å². The van der Waals surface area contributed by atoms with Gasteiger partial charge in [-0.3, -0.25) is 0 Å². The lowest BCUT2D eigenvalue weighted by Crippen LogP contribution is -2.17. The van der Waals surface area contributed by atoms with Crippen molar-refractivity contribution in [1.82, 2.24) is 9.55 Å². The predicted octanol–water partition coefficient (Wildman–Crippen LogP) is 4.23. The Kier molecular flexibility index (Phi) is 5.41. The smallest absolute Gasteiger partial charge is 0.341 e. The Morgan fingerprint density at radius 1 is 1.19 bits per heavy atom. The average Bonchev–Trinajstić information content (AvgIpc) is 3.05. The van der Waals surface area contributed by atoms with E-state index in [-0.39, 0.29) is 5.56 Å². The molecule has 0 N–H and O–H groups in total. The predicted molar refractivity (Wildman–Crippen MR) is 92.5 cm³/mol. The number of nitrogens with zero attached hydrogens (tertiary/aromatic N) is 2. The highest BCUT2D eigenvalue weighted by Crippen LogP contribution is 2.24. The van der Waals surface area contributed by atoms with Crippen LogP contribution in [0, 0.1) is 11.6 Å². The van der Waals surface area contributed by atoms with Gasteiger partial charge in [0.25, 0.3) is 0 Å². The second-order valence-electron chi connectivity index (χ2n) is 5.94. The first-order valence-electron chi connectivity index (χ1n) is 8.22. The summed E-state index contributed by atoms with van der Waals surface area (Å²) >= 11 is 0. The molecule has 0 radical (unpaired) electrons. The van der Waals surface area contributed by atoms with Crippen LogP contribution in [0.2, 0.25) is 0 Å². The fourth-order valence-electron chi connectivity index (χ4n) is 2.72. The van der Waals surface area contributed by atoms with Gasteiger partial charge in [0.1, 0.15) is 17.5 Å². The van der Waals surface area contributed by atoms with Crippen LogP contribution >= 0.6 is 0 Å². The van der Waals surface area contributed by atoms with E-state index < -0.39 is 23.7 Å². The molecule has 0 spiro atoms. The van der Waals surface area contributed by atoms with Gasteiger partial charge < -0.3 is 9.30 Å². The summed E-state index contributed by atoms with van der Waals surface area (Å²) in [5.41, 5.74) is 0.793. The Bertz CT molecular complexity index is 894. The van der Waals surface area contributed by atoms with Gasteiger partial charge in [0, 0.05) is 25.5 Å². The van der Waals surface area contributed by atoms with E-state index in [1.807, 2.05) is 30.3 Å². The molecule has 6 heteroatoms. The molecule has 0 saturated carbocycles. The van der Waals surface area contributed by atoms with Crippen LogP contribution in [0.15, 0.2) is 60.9 Å². The number of carbonyl (C=O) groups is 1. The molecule has 1 heterocycles. The Balaban J connectivity index is 1.79. The fraction of sp³-hybridized carbons (Fsp3) is 0.200. The SMILES string of the molecule is Cn1ccnc1[C@@H](CCc1ccccc1)OC(=O)c1ccc(F)cc1F. The Morgan fingerprint density at radius 3 is 2.62 bits per heavy atom. The van der Waals surface area contributed by atoms with E-state index >= 15 is 0 Å². The minimum atomic E-state index is -0.948. The number of rotatable bonds is 6. The first-order chi connectivity index (χ1) is 12.5. The highest BCUT2D eigenvalue weighted by atomic mass is 19.1. The molecule has 0 bridgehead atoms. The van der Waals surface area contributed by atoms with Crippen LogP contribution in [-0.4, -0.2) is 15.5 Å². The molecule has 0 unspecified atom stereocenters. The highest BCUT2D eigenvalue weighted by Gasteiger charge is 2.23. The summed E-state index contributed by atoms with van der Waals surface area (Å²) in [6, 6.07) is 12.5. The maximum absolute atomic E-state index is 13.9. The first kappa shape index (κ1) is 17.8. The number of hydrogen-bond acceptors (Lipinski definition) is 3. The highest BCUT2D eigenvalue weighted by molar-refractivity contribution is 5.89. The summed E-state index contributed by atoms with van der Waals surface area (Å²) in [7, 11) is 1.80. The summed E-state index contributed by atoms with van der Waals surface area (Å²) in [4.78, 5) is 16.6. The number of halogens is 2. The molecular formula is C20H18F2N2O2. The van der Waals surface area contributed by atoms with Crippen molar-refractivity contribution >= 4 is 5.97 Å². The lowest BCUT2D eigenvalue weighted by molar-refractivity contribution is 0.0244. The average molecular weight is 356 g/mol. The zero-order valence-corrected chi connectivity index (χ0v) is 14.2. The van der Waals surface area contributed by atoms with Crippen LogP contribution in [0.4, 0.5) is 8.78 Å². The Hall–Kier alpha value is -3.02. The van der Waals surface area contributed by atoms with Gasteiger partial charge in [-0.2, -0.15) is 0 Å². The van der Waals surface area contributed by atoms with E-state index in [1.54, 1.807) is 24.0 Å². The maximum Gasteiger partial charge on any atom is 0.341 e. The minimum absolute atomic E-state index is 0.301. The van der Waals surface area contributed by atoms with Gasteiger partial charge in [-0.1, -0.05) is 30.3 Å². The van der Waals surface area contributed by atoms with E-state index in [0.717, 1.165) is 17.7 Å². The summed E-state index contributed by atoms with van der Waals surface area (Å²) in [5, 5.41) is 0. The summed E-state index contributed by atoms with van der Waals surface area (Å²) < 4.78 is 34.2. The second kappa shape index (κ2) is 7.91. The zero-order chi connectivity index (χ0) is 18.5. The van der Waals surface area contributed by atoms with Crippen LogP contribution < -0.4 is 0 Å². The maximum atomic E-state index is 13.9. The van der Waals surface area contributed by atoms with Gasteiger partial charge in [-0.05, 0) is 30.5 Å². The number of aryl methyl sites for hydroxylation is 2. The largest absolute Gasteiger partial charge is 0.451 e. The van der Waals surface area contributed by atoms with E-state index in [1.165, 1.54) is 0 Å². The fourth-order valence-corrected chi connectivity index (χ4v) is 2.72. The number of hydrogen-bond donors (Lipinski definition) is 0. The number of benzene rings is 2. The summed E-state index contributed by atoms with van der Waals surface area (Å²) in [5.74, 6) is -1.97. The van der Waals surface area contributed by atoms with Gasteiger partial charge >= 0.3 is 5.97 Å². The minimum Gasteiger partial charge on any atom is -0.451 e. The molecule has 3 aromatic rings. The van der Waals surface area contributed by atoms with Crippen molar-refractivity contribution < 1.29 is 18.3 Å². The van der Waals surface area contributed by atoms with Crippen molar-refractivity contribution in [1.29, 1.82) is 0 Å². The third kappa shape index (κ3) is 4.14. The van der Waals surface area contributed by atoms with Crippen LogP contribution in [0.25, 0.3) is 0 Å². The Morgan fingerprint density at radius 2 is 1.96 bits per heavy atom. The molecule has 134 valence electrons. The number of carbonyl (C=O) groups excluding carboxylic acids is 1. The van der Waals surface area contributed by atoms with E-state index in [9.17, 15) is 13.6 Å². The van der Waals surface area contributed by atoms with Crippen LogP contribution in [0.3, 0.4) is 0 Å². The van der Waals surface area contributed by atoms with Gasteiger partial charge in [-0.25, -0.2) is 18.6 Å². The quantitative estimate of drug-likeness (QED) is 0.621. The van der Waals surface area contributed by atoms with Crippen molar-refractivity contribution in [3.8, 4) is 0 Å². The van der Waals surface area contributed by atoms with E-state index in [2.05, 4.69) is 4.98 Å². The van der Waals surface area contributed by atoms with Crippen molar-refractivity contribution in [2.45, 2.75) is 18.9 Å². The first-order valence-corrected chi connectivity index (χ1v) is 8.22. The molecule has 2 aromatic carbocycles. The zero-order valence-electron chi connectivity index (χ0n) is 14.2. The monoisotopic (exact) mass is 356 g/mol. The lowest BCUT2D eigenvalue weighted by atomic mass is 10.1. The number of ether oxygens (including phenoxy) is 1. The van der Waals surface area contributed by atoms with Gasteiger partial charge in [-0.15, -0.1) is 0 Å². The summed E-state index contributed by atoms with van der Waals surface area (Å²) in [6.45, 7) is 0. The Labute approximate surface area is 150 Å². The number of aromatic nitrogens is 2. The van der Waals surface area contributed by atoms with Gasteiger partial charge in [0.2, 0.25) is 0 Å². The van der Waals surface area contributed by atoms with Gasteiger partial charge in [0.05, 0.1) is 5.56 Å². The molecule has 0 aliphatic carbocycles. The third-order valence-electron chi connectivity index (χ3n) is 4.08. The molecule has 1 atom stereocenters.